The van der Waals surface area contributed by atoms with E-state index in [9.17, 15) is 4.79 Å². The van der Waals surface area contributed by atoms with Gasteiger partial charge in [-0.2, -0.15) is 0 Å². The molecule has 0 saturated heterocycles. The molecule has 6 nitrogen and oxygen atoms in total. The standard InChI is InChI=1S/C12H20N4O2/c1-8(2)16(3)5-4-14-11-6-9(12(17)18)10(13)7-15-11/h6-8H,4-5,13H2,1-3H3,(H,14,15)(H,17,18). The Bertz CT molecular complexity index is 421. The number of carboxylic acid groups (broad SMARTS) is 1. The van der Waals surface area contributed by atoms with Gasteiger partial charge in [0.1, 0.15) is 5.82 Å². The predicted molar refractivity (Wildman–Crippen MR) is 71.9 cm³/mol. The second kappa shape index (κ2) is 6.20. The van der Waals surface area contributed by atoms with Crippen LogP contribution in [0.15, 0.2) is 12.3 Å². The maximum Gasteiger partial charge on any atom is 0.337 e. The first-order chi connectivity index (χ1) is 8.41. The normalized spacial score (nSPS) is 10.9. The topological polar surface area (TPSA) is 91.5 Å². The minimum atomic E-state index is -1.04. The Morgan fingerprint density at radius 2 is 2.28 bits per heavy atom. The number of nitrogens with one attached hydrogen (secondary N) is 1. The quantitative estimate of drug-likeness (QED) is 0.702. The number of aromatic carboxylic acids is 1. The SMILES string of the molecule is CC(C)N(C)CCNc1cc(C(=O)O)c(N)cn1. The fraction of sp³-hybridized carbons (Fsp3) is 0.500. The number of rotatable bonds is 6. The maximum atomic E-state index is 10.9. The van der Waals surface area contributed by atoms with Crippen molar-refractivity contribution in [3.63, 3.8) is 0 Å². The zero-order chi connectivity index (χ0) is 13.7. The van der Waals surface area contributed by atoms with E-state index in [-0.39, 0.29) is 11.3 Å². The molecule has 1 aromatic heterocycles. The summed E-state index contributed by atoms with van der Waals surface area (Å²) in [5, 5.41) is 12.0. The first-order valence-electron chi connectivity index (χ1n) is 5.84. The van der Waals surface area contributed by atoms with Gasteiger partial charge in [-0.1, -0.05) is 0 Å². The van der Waals surface area contributed by atoms with Crippen molar-refractivity contribution < 1.29 is 9.90 Å². The van der Waals surface area contributed by atoms with Crippen molar-refractivity contribution in [1.82, 2.24) is 9.88 Å². The number of pyridine rings is 1. The summed E-state index contributed by atoms with van der Waals surface area (Å²) in [5.41, 5.74) is 5.77. The summed E-state index contributed by atoms with van der Waals surface area (Å²) in [4.78, 5) is 17.1. The molecule has 1 heterocycles. The molecule has 4 N–H and O–H groups in total. The summed E-state index contributed by atoms with van der Waals surface area (Å²) in [6, 6.07) is 1.92. The van der Waals surface area contributed by atoms with Crippen LogP contribution in [-0.2, 0) is 0 Å². The van der Waals surface area contributed by atoms with Crippen LogP contribution in [0.1, 0.15) is 24.2 Å². The summed E-state index contributed by atoms with van der Waals surface area (Å²) in [7, 11) is 2.03. The molecule has 0 bridgehead atoms. The number of nitrogen functional groups attached to an aromatic ring is 1. The molecular formula is C12H20N4O2. The molecule has 1 rings (SSSR count). The summed E-state index contributed by atoms with van der Waals surface area (Å²) >= 11 is 0. The number of carboxylic acids is 1. The number of nitrogens with two attached hydrogens (primary N) is 1. The van der Waals surface area contributed by atoms with E-state index in [1.807, 2.05) is 7.05 Å². The predicted octanol–water partition coefficient (Wildman–Crippen LogP) is 1.11. The highest BCUT2D eigenvalue weighted by Gasteiger charge is 2.09. The summed E-state index contributed by atoms with van der Waals surface area (Å²) in [6.45, 7) is 5.78. The average Bonchev–Trinajstić information content (AvgIpc) is 2.30. The first kappa shape index (κ1) is 14.2. The molecule has 6 heteroatoms. The van der Waals surface area contributed by atoms with Crippen molar-refractivity contribution in [3.8, 4) is 0 Å². The van der Waals surface area contributed by atoms with Crippen LogP contribution in [0.3, 0.4) is 0 Å². The fourth-order valence-corrected chi connectivity index (χ4v) is 1.37. The highest BCUT2D eigenvalue weighted by Crippen LogP contribution is 2.14. The van der Waals surface area contributed by atoms with Gasteiger partial charge in [0.25, 0.3) is 0 Å². The van der Waals surface area contributed by atoms with Crippen molar-refractivity contribution in [2.24, 2.45) is 0 Å². The zero-order valence-electron chi connectivity index (χ0n) is 11.0. The molecule has 1 aromatic rings. The lowest BCUT2D eigenvalue weighted by Gasteiger charge is -2.21. The Morgan fingerprint density at radius 1 is 1.61 bits per heavy atom. The van der Waals surface area contributed by atoms with E-state index in [1.165, 1.54) is 12.3 Å². The molecule has 100 valence electrons. The maximum absolute atomic E-state index is 10.9. The molecule has 0 saturated carbocycles. The zero-order valence-corrected chi connectivity index (χ0v) is 11.0. The molecular weight excluding hydrogens is 232 g/mol. The minimum absolute atomic E-state index is 0.0738. The van der Waals surface area contributed by atoms with Crippen molar-refractivity contribution in [1.29, 1.82) is 0 Å². The van der Waals surface area contributed by atoms with Gasteiger partial charge in [-0.05, 0) is 27.0 Å². The number of anilines is 2. The average molecular weight is 252 g/mol. The molecule has 0 aliphatic heterocycles. The largest absolute Gasteiger partial charge is 0.478 e. The smallest absolute Gasteiger partial charge is 0.337 e. The number of carbonyl (C=O) groups is 1. The van der Waals surface area contributed by atoms with Crippen molar-refractivity contribution in [2.45, 2.75) is 19.9 Å². The lowest BCUT2D eigenvalue weighted by molar-refractivity contribution is 0.0698. The lowest BCUT2D eigenvalue weighted by atomic mass is 10.2. The second-order valence-corrected chi connectivity index (χ2v) is 4.46. The van der Waals surface area contributed by atoms with Gasteiger partial charge in [0.05, 0.1) is 17.4 Å². The second-order valence-electron chi connectivity index (χ2n) is 4.46. The monoisotopic (exact) mass is 252 g/mol. The Labute approximate surface area is 107 Å². The molecule has 0 spiro atoms. The van der Waals surface area contributed by atoms with Gasteiger partial charge >= 0.3 is 5.97 Å². The van der Waals surface area contributed by atoms with Gasteiger partial charge in [0, 0.05) is 19.1 Å². The Hall–Kier alpha value is -1.82. The van der Waals surface area contributed by atoms with E-state index >= 15 is 0 Å². The Kier molecular flexibility index (Phi) is 4.91. The van der Waals surface area contributed by atoms with Crippen LogP contribution in [-0.4, -0.2) is 47.1 Å². The summed E-state index contributed by atoms with van der Waals surface area (Å²) in [5.74, 6) is -0.518. The van der Waals surface area contributed by atoms with E-state index in [4.69, 9.17) is 10.8 Å². The van der Waals surface area contributed by atoms with Crippen LogP contribution in [0.25, 0.3) is 0 Å². The molecule has 0 unspecified atom stereocenters. The highest BCUT2D eigenvalue weighted by molar-refractivity contribution is 5.94. The Morgan fingerprint density at radius 3 is 2.83 bits per heavy atom. The summed E-state index contributed by atoms with van der Waals surface area (Å²) < 4.78 is 0. The van der Waals surface area contributed by atoms with Gasteiger partial charge in [-0.3, -0.25) is 0 Å². The molecule has 0 aliphatic rings. The first-order valence-corrected chi connectivity index (χ1v) is 5.84. The van der Waals surface area contributed by atoms with Gasteiger partial charge in [0.2, 0.25) is 0 Å². The van der Waals surface area contributed by atoms with Gasteiger partial charge in [-0.25, -0.2) is 9.78 Å². The molecule has 0 aromatic carbocycles. The number of hydrogen-bond acceptors (Lipinski definition) is 5. The molecule has 0 aliphatic carbocycles. The van der Waals surface area contributed by atoms with E-state index in [2.05, 4.69) is 29.0 Å². The lowest BCUT2D eigenvalue weighted by Crippen LogP contribution is -2.31. The van der Waals surface area contributed by atoms with Crippen molar-refractivity contribution >= 4 is 17.5 Å². The van der Waals surface area contributed by atoms with Gasteiger partial charge in [-0.15, -0.1) is 0 Å². The van der Waals surface area contributed by atoms with Crippen LogP contribution >= 0.6 is 0 Å². The van der Waals surface area contributed by atoms with Crippen LogP contribution in [0.4, 0.5) is 11.5 Å². The van der Waals surface area contributed by atoms with Crippen LogP contribution in [0.5, 0.6) is 0 Å². The number of nitrogens with zero attached hydrogens (tertiary/aromatic N) is 2. The third kappa shape index (κ3) is 3.89. The third-order valence-electron chi connectivity index (χ3n) is 2.82. The number of likely N-dealkylation sites (N-methyl/N-ethyl adjacent to an activating group) is 1. The van der Waals surface area contributed by atoms with E-state index < -0.39 is 5.97 Å². The van der Waals surface area contributed by atoms with Crippen LogP contribution in [0.2, 0.25) is 0 Å². The van der Waals surface area contributed by atoms with Gasteiger partial charge < -0.3 is 21.1 Å². The van der Waals surface area contributed by atoms with E-state index in [0.717, 1.165) is 6.54 Å². The molecule has 0 atom stereocenters. The van der Waals surface area contributed by atoms with Gasteiger partial charge in [0.15, 0.2) is 0 Å². The van der Waals surface area contributed by atoms with Crippen molar-refractivity contribution in [2.75, 3.05) is 31.2 Å². The summed E-state index contributed by atoms with van der Waals surface area (Å²) in [6.07, 6.45) is 1.36. The number of aromatic nitrogens is 1. The van der Waals surface area contributed by atoms with Crippen LogP contribution < -0.4 is 11.1 Å². The fourth-order valence-electron chi connectivity index (χ4n) is 1.37. The van der Waals surface area contributed by atoms with Crippen molar-refractivity contribution in [3.05, 3.63) is 17.8 Å². The molecule has 0 radical (unpaired) electrons. The van der Waals surface area contributed by atoms with E-state index in [0.29, 0.717) is 18.4 Å². The molecule has 0 amide bonds. The molecule has 0 fully saturated rings. The minimum Gasteiger partial charge on any atom is -0.478 e. The Balaban J connectivity index is 2.58. The highest BCUT2D eigenvalue weighted by atomic mass is 16.4. The molecule has 18 heavy (non-hydrogen) atoms. The third-order valence-corrected chi connectivity index (χ3v) is 2.82. The van der Waals surface area contributed by atoms with E-state index in [1.54, 1.807) is 0 Å². The number of hydrogen-bond donors (Lipinski definition) is 3. The van der Waals surface area contributed by atoms with Crippen LogP contribution in [0, 0.1) is 0 Å².